The zero-order valence-electron chi connectivity index (χ0n) is 13.5. The van der Waals surface area contributed by atoms with Crippen molar-refractivity contribution in [3.8, 4) is 5.75 Å². The van der Waals surface area contributed by atoms with Crippen LogP contribution in [0, 0.1) is 6.92 Å². The van der Waals surface area contributed by atoms with Crippen LogP contribution in [0.25, 0.3) is 0 Å². The topological polar surface area (TPSA) is 38.3 Å². The number of nitrogens with one attached hydrogen (secondary N) is 1. The van der Waals surface area contributed by atoms with E-state index in [9.17, 15) is 4.79 Å². The molecule has 3 nitrogen and oxygen atoms in total. The van der Waals surface area contributed by atoms with Crippen LogP contribution in [0.15, 0.2) is 53.0 Å². The van der Waals surface area contributed by atoms with Gasteiger partial charge < -0.3 is 10.1 Å². The first kappa shape index (κ1) is 17.5. The average Bonchev–Trinajstić information content (AvgIpc) is 2.55. The maximum Gasteiger partial charge on any atom is 0.260 e. The molecule has 0 aromatic heterocycles. The highest BCUT2D eigenvalue weighted by atomic mass is 79.9. The molecule has 0 heterocycles. The molecular weight excluding hydrogens is 354 g/mol. The van der Waals surface area contributed by atoms with Gasteiger partial charge in [0.1, 0.15) is 5.75 Å². The summed E-state index contributed by atoms with van der Waals surface area (Å²) >= 11 is 3.37. The summed E-state index contributed by atoms with van der Waals surface area (Å²) in [4.78, 5) is 12.0. The van der Waals surface area contributed by atoms with Crippen LogP contribution < -0.4 is 10.1 Å². The molecule has 0 radical (unpaired) electrons. The molecule has 1 N–H and O–H groups in total. The standard InChI is InChI=1S/C19H22BrNO2/c1-14-5-7-16(8-6-14)4-3-13-21-19(22)15(2)23-18-11-9-17(20)10-12-18/h5-12,15H,3-4,13H2,1-2H3,(H,21,22)/t15-/m1/s1. The van der Waals surface area contributed by atoms with Crippen molar-refractivity contribution in [1.29, 1.82) is 0 Å². The molecule has 1 amide bonds. The van der Waals surface area contributed by atoms with Gasteiger partial charge in [-0.25, -0.2) is 0 Å². The SMILES string of the molecule is Cc1ccc(CCCNC(=O)[C@@H](C)Oc2ccc(Br)cc2)cc1. The molecule has 23 heavy (non-hydrogen) atoms. The third-order valence-corrected chi connectivity index (χ3v) is 4.09. The molecule has 0 aliphatic rings. The summed E-state index contributed by atoms with van der Waals surface area (Å²) < 4.78 is 6.61. The predicted octanol–water partition coefficient (Wildman–Crippen LogP) is 4.27. The van der Waals surface area contributed by atoms with Gasteiger partial charge in [-0.15, -0.1) is 0 Å². The molecule has 0 spiro atoms. The van der Waals surface area contributed by atoms with Crippen LogP contribution in [0.1, 0.15) is 24.5 Å². The number of hydrogen-bond donors (Lipinski definition) is 1. The van der Waals surface area contributed by atoms with E-state index in [2.05, 4.69) is 52.4 Å². The molecule has 2 rings (SSSR count). The number of rotatable bonds is 7. The summed E-state index contributed by atoms with van der Waals surface area (Å²) in [6.45, 7) is 4.49. The molecule has 2 aromatic rings. The summed E-state index contributed by atoms with van der Waals surface area (Å²) in [6, 6.07) is 16.0. The first-order chi connectivity index (χ1) is 11.0. The zero-order chi connectivity index (χ0) is 16.7. The molecule has 0 aliphatic heterocycles. The number of carbonyl (C=O) groups is 1. The number of amides is 1. The lowest BCUT2D eigenvalue weighted by molar-refractivity contribution is -0.127. The van der Waals surface area contributed by atoms with Gasteiger partial charge in [0.2, 0.25) is 0 Å². The average molecular weight is 376 g/mol. The fraction of sp³-hybridized carbons (Fsp3) is 0.316. The number of benzene rings is 2. The van der Waals surface area contributed by atoms with Crippen molar-refractivity contribution in [2.45, 2.75) is 32.8 Å². The van der Waals surface area contributed by atoms with E-state index in [1.54, 1.807) is 6.92 Å². The monoisotopic (exact) mass is 375 g/mol. The minimum absolute atomic E-state index is 0.0863. The van der Waals surface area contributed by atoms with Gasteiger partial charge in [-0.2, -0.15) is 0 Å². The third-order valence-electron chi connectivity index (χ3n) is 3.56. The summed E-state index contributed by atoms with van der Waals surface area (Å²) in [5.41, 5.74) is 2.56. The molecule has 0 saturated carbocycles. The molecular formula is C19H22BrNO2. The molecule has 0 aliphatic carbocycles. The van der Waals surface area contributed by atoms with Crippen molar-refractivity contribution in [2.75, 3.05) is 6.54 Å². The van der Waals surface area contributed by atoms with E-state index in [0.717, 1.165) is 17.3 Å². The van der Waals surface area contributed by atoms with Gasteiger partial charge in [-0.05, 0) is 56.5 Å². The zero-order valence-corrected chi connectivity index (χ0v) is 15.1. The van der Waals surface area contributed by atoms with E-state index in [0.29, 0.717) is 12.3 Å². The first-order valence-electron chi connectivity index (χ1n) is 7.80. The maximum atomic E-state index is 12.0. The Hall–Kier alpha value is -1.81. The molecule has 122 valence electrons. The lowest BCUT2D eigenvalue weighted by Crippen LogP contribution is -2.36. The van der Waals surface area contributed by atoms with Crippen molar-refractivity contribution in [1.82, 2.24) is 5.32 Å². The minimum Gasteiger partial charge on any atom is -0.481 e. The minimum atomic E-state index is -0.504. The number of ether oxygens (including phenoxy) is 1. The van der Waals surface area contributed by atoms with Crippen molar-refractivity contribution in [3.63, 3.8) is 0 Å². The van der Waals surface area contributed by atoms with Gasteiger partial charge >= 0.3 is 0 Å². The predicted molar refractivity (Wildman–Crippen MR) is 96.7 cm³/mol. The summed E-state index contributed by atoms with van der Waals surface area (Å²) in [5.74, 6) is 0.604. The van der Waals surface area contributed by atoms with E-state index in [1.807, 2.05) is 24.3 Å². The summed E-state index contributed by atoms with van der Waals surface area (Å²) in [5, 5.41) is 2.92. The molecule has 2 aromatic carbocycles. The molecule has 0 unspecified atom stereocenters. The van der Waals surface area contributed by atoms with E-state index in [1.165, 1.54) is 11.1 Å². The van der Waals surface area contributed by atoms with Gasteiger partial charge in [0, 0.05) is 11.0 Å². The molecule has 4 heteroatoms. The highest BCUT2D eigenvalue weighted by Gasteiger charge is 2.13. The fourth-order valence-electron chi connectivity index (χ4n) is 2.17. The van der Waals surface area contributed by atoms with Gasteiger partial charge in [0.15, 0.2) is 6.10 Å². The Kier molecular flexibility index (Phi) is 6.66. The molecule has 0 saturated heterocycles. The highest BCUT2D eigenvalue weighted by molar-refractivity contribution is 9.10. The van der Waals surface area contributed by atoms with Gasteiger partial charge in [-0.1, -0.05) is 45.8 Å². The smallest absolute Gasteiger partial charge is 0.260 e. The van der Waals surface area contributed by atoms with E-state index in [-0.39, 0.29) is 5.91 Å². The van der Waals surface area contributed by atoms with E-state index < -0.39 is 6.10 Å². The van der Waals surface area contributed by atoms with Crippen LogP contribution in [0.3, 0.4) is 0 Å². The fourth-order valence-corrected chi connectivity index (χ4v) is 2.44. The van der Waals surface area contributed by atoms with Gasteiger partial charge in [0.25, 0.3) is 5.91 Å². The van der Waals surface area contributed by atoms with Crippen LogP contribution in [0.5, 0.6) is 5.75 Å². The first-order valence-corrected chi connectivity index (χ1v) is 8.59. The number of aryl methyl sites for hydroxylation is 2. The second-order valence-corrected chi connectivity index (χ2v) is 6.51. The number of carbonyl (C=O) groups excluding carboxylic acids is 1. The maximum absolute atomic E-state index is 12.0. The van der Waals surface area contributed by atoms with Crippen LogP contribution in [-0.2, 0) is 11.2 Å². The van der Waals surface area contributed by atoms with Crippen molar-refractivity contribution < 1.29 is 9.53 Å². The molecule has 0 fully saturated rings. The van der Waals surface area contributed by atoms with Crippen LogP contribution in [-0.4, -0.2) is 18.6 Å². The second-order valence-electron chi connectivity index (χ2n) is 5.59. The third kappa shape index (κ3) is 6.06. The Labute approximate surface area is 146 Å². The molecule has 1 atom stereocenters. The van der Waals surface area contributed by atoms with Crippen LogP contribution in [0.2, 0.25) is 0 Å². The van der Waals surface area contributed by atoms with E-state index >= 15 is 0 Å². The highest BCUT2D eigenvalue weighted by Crippen LogP contribution is 2.17. The Morgan fingerprint density at radius 2 is 1.78 bits per heavy atom. The van der Waals surface area contributed by atoms with Crippen molar-refractivity contribution >= 4 is 21.8 Å². The largest absolute Gasteiger partial charge is 0.481 e. The van der Waals surface area contributed by atoms with Crippen LogP contribution in [0.4, 0.5) is 0 Å². The number of halogens is 1. The quantitative estimate of drug-likeness (QED) is 0.733. The second kappa shape index (κ2) is 8.73. The summed E-state index contributed by atoms with van der Waals surface area (Å²) in [6.07, 6.45) is 1.37. The normalized spacial score (nSPS) is 11.8. The Morgan fingerprint density at radius 1 is 1.13 bits per heavy atom. The molecule has 0 bridgehead atoms. The summed E-state index contributed by atoms with van der Waals surface area (Å²) in [7, 11) is 0. The van der Waals surface area contributed by atoms with Crippen molar-refractivity contribution in [2.24, 2.45) is 0 Å². The number of hydrogen-bond acceptors (Lipinski definition) is 2. The van der Waals surface area contributed by atoms with Crippen molar-refractivity contribution in [3.05, 3.63) is 64.1 Å². The lowest BCUT2D eigenvalue weighted by Gasteiger charge is -2.14. The Bertz CT molecular complexity index is 623. The lowest BCUT2D eigenvalue weighted by atomic mass is 10.1. The van der Waals surface area contributed by atoms with E-state index in [4.69, 9.17) is 4.74 Å². The Morgan fingerprint density at radius 3 is 2.43 bits per heavy atom. The van der Waals surface area contributed by atoms with Gasteiger partial charge in [-0.3, -0.25) is 4.79 Å². The van der Waals surface area contributed by atoms with Crippen LogP contribution >= 0.6 is 15.9 Å². The van der Waals surface area contributed by atoms with Gasteiger partial charge in [0.05, 0.1) is 0 Å². The Balaban J connectivity index is 1.69.